The summed E-state index contributed by atoms with van der Waals surface area (Å²) >= 11 is 5.03. The molecule has 0 unspecified atom stereocenters. The molecule has 14 heavy (non-hydrogen) atoms. The average Bonchev–Trinajstić information content (AvgIpc) is 2.61. The third-order valence-corrected chi connectivity index (χ3v) is 3.83. The topological polar surface area (TPSA) is 33.1 Å². The summed E-state index contributed by atoms with van der Waals surface area (Å²) in [7, 11) is 0. The second kappa shape index (κ2) is 4.21. The van der Waals surface area contributed by atoms with Crippen LogP contribution in [0.1, 0.15) is 4.88 Å². The van der Waals surface area contributed by atoms with Crippen LogP contribution in [-0.2, 0) is 6.61 Å². The average molecular weight is 270 g/mol. The molecule has 2 heterocycles. The Bertz CT molecular complexity index is 427. The number of hydrogen-bond donors (Lipinski definition) is 1. The Labute approximate surface area is 94.4 Å². The zero-order valence-electron chi connectivity index (χ0n) is 7.27. The molecule has 0 aromatic carbocycles. The van der Waals surface area contributed by atoms with E-state index in [2.05, 4.69) is 20.9 Å². The van der Waals surface area contributed by atoms with E-state index in [1.165, 1.54) is 0 Å². The Morgan fingerprint density at radius 1 is 1.36 bits per heavy atom. The molecule has 2 aromatic rings. The maximum absolute atomic E-state index is 9.17. The minimum atomic E-state index is 0.0773. The lowest BCUT2D eigenvalue weighted by Crippen LogP contribution is -1.83. The normalized spacial score (nSPS) is 10.4. The van der Waals surface area contributed by atoms with E-state index >= 15 is 0 Å². The summed E-state index contributed by atoms with van der Waals surface area (Å²) < 4.78 is 1.03. The molecule has 0 aliphatic carbocycles. The molecule has 2 nitrogen and oxygen atoms in total. The van der Waals surface area contributed by atoms with E-state index in [1.54, 1.807) is 23.7 Å². The van der Waals surface area contributed by atoms with Crippen LogP contribution in [0.15, 0.2) is 34.4 Å². The van der Waals surface area contributed by atoms with Crippen molar-refractivity contribution < 1.29 is 5.11 Å². The number of thiophene rings is 1. The zero-order chi connectivity index (χ0) is 9.97. The van der Waals surface area contributed by atoms with Crippen LogP contribution in [0, 0.1) is 0 Å². The van der Waals surface area contributed by atoms with Crippen LogP contribution < -0.4 is 0 Å². The van der Waals surface area contributed by atoms with Crippen LogP contribution in [0.3, 0.4) is 0 Å². The summed E-state index contributed by atoms with van der Waals surface area (Å²) in [5.74, 6) is 0. The van der Waals surface area contributed by atoms with Gasteiger partial charge >= 0.3 is 0 Å². The lowest BCUT2D eigenvalue weighted by atomic mass is 10.1. The minimum absolute atomic E-state index is 0.0773. The summed E-state index contributed by atoms with van der Waals surface area (Å²) in [4.78, 5) is 4.94. The van der Waals surface area contributed by atoms with Gasteiger partial charge in [-0.1, -0.05) is 0 Å². The summed E-state index contributed by atoms with van der Waals surface area (Å²) in [5, 5.41) is 11.2. The van der Waals surface area contributed by atoms with Crippen LogP contribution in [-0.4, -0.2) is 10.1 Å². The van der Waals surface area contributed by atoms with Crippen LogP contribution in [0.25, 0.3) is 11.1 Å². The van der Waals surface area contributed by atoms with Gasteiger partial charge in [-0.05, 0) is 33.6 Å². The Morgan fingerprint density at radius 3 is 2.71 bits per heavy atom. The summed E-state index contributed by atoms with van der Waals surface area (Å²) in [6.45, 7) is 0.0773. The van der Waals surface area contributed by atoms with E-state index in [9.17, 15) is 0 Å². The Balaban J connectivity index is 2.55. The molecule has 0 amide bonds. The fourth-order valence-electron chi connectivity index (χ4n) is 1.31. The van der Waals surface area contributed by atoms with Gasteiger partial charge in [0.15, 0.2) is 0 Å². The molecule has 0 fully saturated rings. The van der Waals surface area contributed by atoms with E-state index in [0.717, 1.165) is 20.5 Å². The first kappa shape index (κ1) is 9.83. The van der Waals surface area contributed by atoms with Crippen molar-refractivity contribution in [3.63, 3.8) is 0 Å². The molecule has 0 radical (unpaired) electrons. The third kappa shape index (κ3) is 1.73. The van der Waals surface area contributed by atoms with Crippen molar-refractivity contribution in [2.24, 2.45) is 0 Å². The number of aliphatic hydroxyl groups is 1. The standard InChI is InChI=1S/C10H8BrNOS/c11-8-6-14-9(5-13)10(8)7-1-3-12-4-2-7/h1-4,6,13H,5H2. The Kier molecular flexibility index (Phi) is 2.96. The molecular weight excluding hydrogens is 262 g/mol. The number of aromatic nitrogens is 1. The lowest BCUT2D eigenvalue weighted by molar-refractivity contribution is 0.286. The zero-order valence-corrected chi connectivity index (χ0v) is 9.68. The largest absolute Gasteiger partial charge is 0.391 e. The molecule has 0 saturated heterocycles. The third-order valence-electron chi connectivity index (χ3n) is 1.93. The molecule has 2 aromatic heterocycles. The number of hydrogen-bond acceptors (Lipinski definition) is 3. The molecule has 0 bridgehead atoms. The van der Waals surface area contributed by atoms with E-state index in [1.807, 2.05) is 17.5 Å². The molecule has 0 saturated carbocycles. The van der Waals surface area contributed by atoms with Crippen molar-refractivity contribution in [1.82, 2.24) is 4.98 Å². The smallest absolute Gasteiger partial charge is 0.0781 e. The molecule has 0 atom stereocenters. The molecule has 1 N–H and O–H groups in total. The molecule has 2 rings (SSSR count). The maximum atomic E-state index is 9.17. The van der Waals surface area contributed by atoms with Gasteiger partial charge < -0.3 is 5.11 Å². The van der Waals surface area contributed by atoms with Gasteiger partial charge in [0.25, 0.3) is 0 Å². The van der Waals surface area contributed by atoms with Gasteiger partial charge in [0.05, 0.1) is 6.61 Å². The number of aliphatic hydroxyl groups excluding tert-OH is 1. The van der Waals surface area contributed by atoms with Gasteiger partial charge in [-0.15, -0.1) is 11.3 Å². The van der Waals surface area contributed by atoms with Crippen LogP contribution in [0.2, 0.25) is 0 Å². The first-order valence-corrected chi connectivity index (χ1v) is 5.77. The number of pyridine rings is 1. The molecule has 0 aliphatic heterocycles. The van der Waals surface area contributed by atoms with E-state index in [4.69, 9.17) is 5.11 Å². The highest BCUT2D eigenvalue weighted by Crippen LogP contribution is 2.36. The Morgan fingerprint density at radius 2 is 2.07 bits per heavy atom. The summed E-state index contributed by atoms with van der Waals surface area (Å²) in [5.41, 5.74) is 2.15. The second-order valence-electron chi connectivity index (χ2n) is 2.78. The molecule has 4 heteroatoms. The van der Waals surface area contributed by atoms with Gasteiger partial charge in [-0.25, -0.2) is 0 Å². The first-order valence-electron chi connectivity index (χ1n) is 4.10. The number of nitrogens with zero attached hydrogens (tertiary/aromatic N) is 1. The summed E-state index contributed by atoms with van der Waals surface area (Å²) in [6.07, 6.45) is 3.50. The highest BCUT2D eigenvalue weighted by molar-refractivity contribution is 9.10. The van der Waals surface area contributed by atoms with Gasteiger partial charge in [-0.2, -0.15) is 0 Å². The minimum Gasteiger partial charge on any atom is -0.391 e. The van der Waals surface area contributed by atoms with Gasteiger partial charge in [0.2, 0.25) is 0 Å². The number of halogens is 1. The fraction of sp³-hybridized carbons (Fsp3) is 0.100. The van der Waals surface area contributed by atoms with Gasteiger partial charge in [-0.3, -0.25) is 4.98 Å². The van der Waals surface area contributed by atoms with Crippen molar-refractivity contribution in [3.8, 4) is 11.1 Å². The maximum Gasteiger partial charge on any atom is 0.0781 e. The van der Waals surface area contributed by atoms with Gasteiger partial charge in [0, 0.05) is 32.7 Å². The van der Waals surface area contributed by atoms with Crippen molar-refractivity contribution in [2.45, 2.75) is 6.61 Å². The van der Waals surface area contributed by atoms with Crippen LogP contribution in [0.4, 0.5) is 0 Å². The Hall–Kier alpha value is -0.710. The van der Waals surface area contributed by atoms with Gasteiger partial charge in [0.1, 0.15) is 0 Å². The number of rotatable bonds is 2. The van der Waals surface area contributed by atoms with Crippen molar-refractivity contribution in [2.75, 3.05) is 0 Å². The van der Waals surface area contributed by atoms with Crippen molar-refractivity contribution in [1.29, 1.82) is 0 Å². The first-order chi connectivity index (χ1) is 6.83. The molecule has 0 spiro atoms. The van der Waals surface area contributed by atoms with Crippen LogP contribution >= 0.6 is 27.3 Å². The van der Waals surface area contributed by atoms with E-state index < -0.39 is 0 Å². The highest BCUT2D eigenvalue weighted by atomic mass is 79.9. The van der Waals surface area contributed by atoms with E-state index in [-0.39, 0.29) is 6.61 Å². The molecule has 0 aliphatic rings. The van der Waals surface area contributed by atoms with Crippen molar-refractivity contribution >= 4 is 27.3 Å². The molecule has 72 valence electrons. The predicted molar refractivity (Wildman–Crippen MR) is 61.2 cm³/mol. The second-order valence-corrected chi connectivity index (χ2v) is 4.59. The fourth-order valence-corrected chi connectivity index (χ4v) is 2.97. The molecular formula is C10H8BrNOS. The SMILES string of the molecule is OCc1scc(Br)c1-c1ccncc1. The predicted octanol–water partition coefficient (Wildman–Crippen LogP) is 3.06. The quantitative estimate of drug-likeness (QED) is 0.909. The van der Waals surface area contributed by atoms with Crippen LogP contribution in [0.5, 0.6) is 0 Å². The van der Waals surface area contributed by atoms with Crippen molar-refractivity contribution in [3.05, 3.63) is 39.3 Å². The summed E-state index contributed by atoms with van der Waals surface area (Å²) in [6, 6.07) is 3.87. The highest BCUT2D eigenvalue weighted by Gasteiger charge is 2.10. The monoisotopic (exact) mass is 269 g/mol. The van der Waals surface area contributed by atoms with E-state index in [0.29, 0.717) is 0 Å². The lowest BCUT2D eigenvalue weighted by Gasteiger charge is -2.01.